The van der Waals surface area contributed by atoms with Gasteiger partial charge < -0.3 is 5.32 Å². The summed E-state index contributed by atoms with van der Waals surface area (Å²) in [7, 11) is 0. The predicted molar refractivity (Wildman–Crippen MR) is 70.7 cm³/mol. The number of carbonyl (C=O) groups is 2. The molecule has 0 aliphatic heterocycles. The SMILES string of the molecule is CC(=O)C(NC(=O)Cn1ccc(C)nc1=O)C(C)C. The molecule has 0 saturated carbocycles. The van der Waals surface area contributed by atoms with Gasteiger partial charge in [-0.05, 0) is 25.8 Å². The fourth-order valence-corrected chi connectivity index (χ4v) is 1.75. The van der Waals surface area contributed by atoms with Gasteiger partial charge in [0.2, 0.25) is 5.91 Å². The molecule has 1 aromatic heterocycles. The Hall–Kier alpha value is -1.98. The maximum Gasteiger partial charge on any atom is 0.348 e. The number of aromatic nitrogens is 2. The van der Waals surface area contributed by atoms with Crippen molar-refractivity contribution in [2.24, 2.45) is 5.92 Å². The number of nitrogens with one attached hydrogen (secondary N) is 1. The number of carbonyl (C=O) groups excluding carboxylic acids is 2. The van der Waals surface area contributed by atoms with Gasteiger partial charge in [0.05, 0.1) is 6.04 Å². The van der Waals surface area contributed by atoms with E-state index in [1.54, 1.807) is 13.0 Å². The highest BCUT2D eigenvalue weighted by Crippen LogP contribution is 2.02. The van der Waals surface area contributed by atoms with Crippen molar-refractivity contribution in [3.63, 3.8) is 0 Å². The molecular formula is C13H19N3O3. The summed E-state index contributed by atoms with van der Waals surface area (Å²) in [6.07, 6.45) is 1.52. The summed E-state index contributed by atoms with van der Waals surface area (Å²) < 4.78 is 1.21. The van der Waals surface area contributed by atoms with Crippen LogP contribution < -0.4 is 11.0 Å². The van der Waals surface area contributed by atoms with Crippen LogP contribution >= 0.6 is 0 Å². The maximum absolute atomic E-state index is 11.8. The van der Waals surface area contributed by atoms with E-state index in [0.29, 0.717) is 5.69 Å². The van der Waals surface area contributed by atoms with E-state index in [0.717, 1.165) is 0 Å². The van der Waals surface area contributed by atoms with Crippen molar-refractivity contribution < 1.29 is 9.59 Å². The van der Waals surface area contributed by atoms with E-state index in [-0.39, 0.29) is 24.2 Å². The van der Waals surface area contributed by atoms with Crippen LogP contribution in [0.2, 0.25) is 0 Å². The zero-order valence-corrected chi connectivity index (χ0v) is 11.6. The minimum atomic E-state index is -0.526. The van der Waals surface area contributed by atoms with Gasteiger partial charge in [-0.15, -0.1) is 0 Å². The van der Waals surface area contributed by atoms with Crippen LogP contribution in [0.3, 0.4) is 0 Å². The number of amides is 1. The minimum Gasteiger partial charge on any atom is -0.344 e. The quantitative estimate of drug-likeness (QED) is 0.829. The minimum absolute atomic E-state index is 0.00862. The third-order valence-electron chi connectivity index (χ3n) is 2.75. The molecule has 1 rings (SSSR count). The molecule has 1 atom stereocenters. The Morgan fingerprint density at radius 3 is 2.53 bits per heavy atom. The predicted octanol–water partition coefficient (Wildman–Crippen LogP) is 0.282. The lowest BCUT2D eigenvalue weighted by molar-refractivity contribution is -0.128. The highest BCUT2D eigenvalue weighted by molar-refractivity contribution is 5.87. The Morgan fingerprint density at radius 2 is 2.05 bits per heavy atom. The van der Waals surface area contributed by atoms with Crippen molar-refractivity contribution in [2.75, 3.05) is 0 Å². The molecule has 0 bridgehead atoms. The second-order valence-electron chi connectivity index (χ2n) is 4.88. The topological polar surface area (TPSA) is 81.1 Å². The number of aryl methyl sites for hydroxylation is 1. The monoisotopic (exact) mass is 265 g/mol. The highest BCUT2D eigenvalue weighted by Gasteiger charge is 2.20. The molecule has 0 aliphatic carbocycles. The summed E-state index contributed by atoms with van der Waals surface area (Å²) in [5, 5.41) is 2.63. The maximum atomic E-state index is 11.8. The summed E-state index contributed by atoms with van der Waals surface area (Å²) in [5.41, 5.74) is 0.129. The lowest BCUT2D eigenvalue weighted by Gasteiger charge is -2.19. The van der Waals surface area contributed by atoms with Gasteiger partial charge in [-0.2, -0.15) is 4.98 Å². The number of hydrogen-bond donors (Lipinski definition) is 1. The molecule has 0 saturated heterocycles. The highest BCUT2D eigenvalue weighted by atomic mass is 16.2. The van der Waals surface area contributed by atoms with Gasteiger partial charge in [0.25, 0.3) is 0 Å². The average molecular weight is 265 g/mol. The first-order chi connectivity index (χ1) is 8.81. The van der Waals surface area contributed by atoms with E-state index < -0.39 is 11.7 Å². The van der Waals surface area contributed by atoms with Crippen LogP contribution in [-0.4, -0.2) is 27.3 Å². The molecule has 0 aliphatic rings. The van der Waals surface area contributed by atoms with Gasteiger partial charge in [0.15, 0.2) is 5.78 Å². The smallest absolute Gasteiger partial charge is 0.344 e. The number of hydrogen-bond acceptors (Lipinski definition) is 4. The Balaban J connectivity index is 2.75. The van der Waals surface area contributed by atoms with Gasteiger partial charge >= 0.3 is 5.69 Å². The molecule has 0 radical (unpaired) electrons. The van der Waals surface area contributed by atoms with E-state index in [2.05, 4.69) is 10.3 Å². The van der Waals surface area contributed by atoms with Crippen molar-refractivity contribution in [1.29, 1.82) is 0 Å². The van der Waals surface area contributed by atoms with Crippen LogP contribution in [0.4, 0.5) is 0 Å². The Labute approximate surface area is 111 Å². The molecule has 1 unspecified atom stereocenters. The summed E-state index contributed by atoms with van der Waals surface area (Å²) in [6.45, 7) is 6.71. The zero-order chi connectivity index (χ0) is 14.6. The Morgan fingerprint density at radius 1 is 1.42 bits per heavy atom. The van der Waals surface area contributed by atoms with Crippen LogP contribution in [0, 0.1) is 12.8 Å². The number of rotatable bonds is 5. The van der Waals surface area contributed by atoms with Gasteiger partial charge in [0.1, 0.15) is 6.54 Å². The van der Waals surface area contributed by atoms with E-state index in [4.69, 9.17) is 0 Å². The molecule has 6 heteroatoms. The third kappa shape index (κ3) is 4.31. The Bertz CT molecular complexity index is 534. The van der Waals surface area contributed by atoms with E-state index >= 15 is 0 Å². The van der Waals surface area contributed by atoms with Crippen LogP contribution in [0.1, 0.15) is 26.5 Å². The molecular weight excluding hydrogens is 246 g/mol. The van der Waals surface area contributed by atoms with Crippen molar-refractivity contribution >= 4 is 11.7 Å². The molecule has 104 valence electrons. The molecule has 0 aromatic carbocycles. The second-order valence-corrected chi connectivity index (χ2v) is 4.88. The van der Waals surface area contributed by atoms with Crippen LogP contribution in [0.25, 0.3) is 0 Å². The van der Waals surface area contributed by atoms with Gasteiger partial charge in [0, 0.05) is 11.9 Å². The van der Waals surface area contributed by atoms with Crippen LogP contribution in [-0.2, 0) is 16.1 Å². The van der Waals surface area contributed by atoms with Gasteiger partial charge in [-0.25, -0.2) is 4.79 Å². The zero-order valence-electron chi connectivity index (χ0n) is 11.6. The summed E-state index contributed by atoms with van der Waals surface area (Å²) in [4.78, 5) is 38.5. The first-order valence-electron chi connectivity index (χ1n) is 6.15. The largest absolute Gasteiger partial charge is 0.348 e. The molecule has 6 nitrogen and oxygen atoms in total. The summed E-state index contributed by atoms with van der Waals surface area (Å²) in [5.74, 6) is -0.464. The molecule has 0 fully saturated rings. The van der Waals surface area contributed by atoms with Crippen LogP contribution in [0.5, 0.6) is 0 Å². The average Bonchev–Trinajstić information content (AvgIpc) is 2.29. The van der Waals surface area contributed by atoms with E-state index in [1.807, 2.05) is 13.8 Å². The van der Waals surface area contributed by atoms with E-state index in [9.17, 15) is 14.4 Å². The molecule has 1 heterocycles. The fraction of sp³-hybridized carbons (Fsp3) is 0.538. The number of ketones is 1. The summed E-state index contributed by atoms with van der Waals surface area (Å²) >= 11 is 0. The molecule has 1 aromatic rings. The van der Waals surface area contributed by atoms with E-state index in [1.165, 1.54) is 17.7 Å². The van der Waals surface area contributed by atoms with Crippen molar-refractivity contribution in [2.45, 2.75) is 40.3 Å². The molecule has 1 amide bonds. The lowest BCUT2D eigenvalue weighted by Crippen LogP contribution is -2.45. The third-order valence-corrected chi connectivity index (χ3v) is 2.75. The number of Topliss-reactive ketones (excluding diaryl/α,β-unsaturated/α-hetero) is 1. The lowest BCUT2D eigenvalue weighted by atomic mass is 10.0. The molecule has 0 spiro atoms. The fourth-order valence-electron chi connectivity index (χ4n) is 1.75. The normalized spacial score (nSPS) is 12.3. The Kier molecular flexibility index (Phi) is 4.97. The van der Waals surface area contributed by atoms with Crippen molar-refractivity contribution in [3.8, 4) is 0 Å². The van der Waals surface area contributed by atoms with Crippen LogP contribution in [0.15, 0.2) is 17.1 Å². The summed E-state index contributed by atoms with van der Waals surface area (Å²) in [6, 6.07) is 1.13. The first-order valence-corrected chi connectivity index (χ1v) is 6.15. The van der Waals surface area contributed by atoms with Gasteiger partial charge in [-0.3, -0.25) is 14.2 Å². The first kappa shape index (κ1) is 15.1. The van der Waals surface area contributed by atoms with Gasteiger partial charge in [-0.1, -0.05) is 13.8 Å². The van der Waals surface area contributed by atoms with Crippen molar-refractivity contribution in [1.82, 2.24) is 14.9 Å². The second kappa shape index (κ2) is 6.26. The molecule has 1 N–H and O–H groups in total. The number of nitrogens with zero attached hydrogens (tertiary/aromatic N) is 2. The van der Waals surface area contributed by atoms with Crippen molar-refractivity contribution in [3.05, 3.63) is 28.4 Å². The standard InChI is InChI=1S/C13H19N3O3/c1-8(2)12(10(4)17)15-11(18)7-16-6-5-9(3)14-13(16)19/h5-6,8,12H,7H2,1-4H3,(H,15,18). The molecule has 19 heavy (non-hydrogen) atoms.